The summed E-state index contributed by atoms with van der Waals surface area (Å²) < 4.78 is 49.6. The highest BCUT2D eigenvalue weighted by atomic mass is 35.5. The van der Waals surface area contributed by atoms with Gasteiger partial charge in [-0.25, -0.2) is 0 Å². The van der Waals surface area contributed by atoms with Crippen molar-refractivity contribution in [3.8, 4) is 17.5 Å². The van der Waals surface area contributed by atoms with E-state index in [1.54, 1.807) is 50.7 Å². The minimum Gasteiger partial charge on any atom is -0.425 e. The maximum Gasteiger partial charge on any atom is 0.573 e. The van der Waals surface area contributed by atoms with Crippen molar-refractivity contribution < 1.29 is 32.2 Å². The average molecular weight is 562 g/mol. The van der Waals surface area contributed by atoms with Gasteiger partial charge in [-0.3, -0.25) is 24.0 Å². The third kappa shape index (κ3) is 6.96. The summed E-state index contributed by atoms with van der Waals surface area (Å²) in [6.45, 7) is 0.581. The lowest BCUT2D eigenvalue weighted by molar-refractivity contribution is -0.274. The molecule has 0 radical (unpaired) electrons. The number of carbonyl (C=O) groups excluding carboxylic acids is 2. The lowest BCUT2D eigenvalue weighted by atomic mass is 10.2. The van der Waals surface area contributed by atoms with Crippen molar-refractivity contribution in [1.82, 2.24) is 14.5 Å². The largest absolute Gasteiger partial charge is 0.573 e. The molecule has 1 aliphatic heterocycles. The van der Waals surface area contributed by atoms with E-state index in [1.165, 1.54) is 26.5 Å². The minimum atomic E-state index is -4.90. The van der Waals surface area contributed by atoms with Crippen LogP contribution in [0.25, 0.3) is 0 Å². The van der Waals surface area contributed by atoms with Crippen LogP contribution in [0.3, 0.4) is 0 Å². The number of nitrogens with zero attached hydrogens (tertiary/aromatic N) is 5. The van der Waals surface area contributed by atoms with E-state index in [0.29, 0.717) is 18.0 Å². The molecule has 204 valence electrons. The molecule has 4 rings (SSSR count). The van der Waals surface area contributed by atoms with Crippen LogP contribution in [0.2, 0.25) is 5.02 Å². The number of aliphatic imine (C=N–C) groups is 1. The van der Waals surface area contributed by atoms with Crippen LogP contribution in [0.4, 0.5) is 19.0 Å². The first-order chi connectivity index (χ1) is 18.5. The number of allylic oxidation sites excluding steroid dienone is 1. The van der Waals surface area contributed by atoms with Gasteiger partial charge in [0.2, 0.25) is 6.41 Å². The number of rotatable bonds is 10. The van der Waals surface area contributed by atoms with E-state index >= 15 is 0 Å². The molecular weight excluding hydrogens is 539 g/mol. The summed E-state index contributed by atoms with van der Waals surface area (Å²) in [5, 5.41) is 0.506. The second-order valence-corrected chi connectivity index (χ2v) is 9.09. The van der Waals surface area contributed by atoms with Gasteiger partial charge in [0.25, 0.3) is 5.91 Å². The third-order valence-corrected chi connectivity index (χ3v) is 5.76. The molecule has 0 bridgehead atoms. The SMILES string of the molecule is CN(C)C(=O)c1c(N(C=O)CC2=CC=NC2)nc(Oc2cccc(OC(F)(F)F)c2)n1Cc1ccc(Cl)cc1. The van der Waals surface area contributed by atoms with Gasteiger partial charge < -0.3 is 14.4 Å². The summed E-state index contributed by atoms with van der Waals surface area (Å²) in [5.74, 6) is -0.982. The van der Waals surface area contributed by atoms with Crippen molar-refractivity contribution in [1.29, 1.82) is 0 Å². The predicted molar refractivity (Wildman–Crippen MR) is 139 cm³/mol. The molecule has 0 spiro atoms. The van der Waals surface area contributed by atoms with E-state index in [9.17, 15) is 22.8 Å². The number of amides is 2. The monoisotopic (exact) mass is 561 g/mol. The Morgan fingerprint density at radius 2 is 1.87 bits per heavy atom. The molecule has 2 aromatic carbocycles. The highest BCUT2D eigenvalue weighted by Gasteiger charge is 2.32. The molecule has 1 aromatic heterocycles. The van der Waals surface area contributed by atoms with Gasteiger partial charge in [0.15, 0.2) is 11.5 Å². The molecule has 0 N–H and O–H groups in total. The Balaban J connectivity index is 1.82. The van der Waals surface area contributed by atoms with Crippen molar-refractivity contribution in [2.45, 2.75) is 12.9 Å². The smallest absolute Gasteiger partial charge is 0.425 e. The molecular formula is C26H23ClF3N5O4. The van der Waals surface area contributed by atoms with Crippen LogP contribution in [0.1, 0.15) is 16.1 Å². The average Bonchev–Trinajstić information content (AvgIpc) is 3.51. The Hall–Kier alpha value is -4.32. The fraction of sp³-hybridized carbons (Fsp3) is 0.231. The number of halogens is 4. The molecule has 2 amide bonds. The zero-order valence-corrected chi connectivity index (χ0v) is 21.6. The van der Waals surface area contributed by atoms with Gasteiger partial charge in [-0.05, 0) is 41.5 Å². The van der Waals surface area contributed by atoms with Crippen LogP contribution < -0.4 is 14.4 Å². The zero-order valence-electron chi connectivity index (χ0n) is 20.9. The molecule has 0 aliphatic carbocycles. The van der Waals surface area contributed by atoms with Gasteiger partial charge in [0, 0.05) is 31.4 Å². The van der Waals surface area contributed by atoms with Gasteiger partial charge in [0.1, 0.15) is 11.5 Å². The molecule has 3 aromatic rings. The predicted octanol–water partition coefficient (Wildman–Crippen LogP) is 4.95. The summed E-state index contributed by atoms with van der Waals surface area (Å²) in [5.41, 5.74) is 1.58. The topological polar surface area (TPSA) is 89.3 Å². The first-order valence-corrected chi connectivity index (χ1v) is 11.9. The number of hydrogen-bond acceptors (Lipinski definition) is 6. The molecule has 1 aliphatic rings. The molecule has 0 fully saturated rings. The van der Waals surface area contributed by atoms with Crippen LogP contribution in [-0.2, 0) is 11.3 Å². The molecule has 2 heterocycles. The van der Waals surface area contributed by atoms with Crippen molar-refractivity contribution >= 4 is 36.0 Å². The highest BCUT2D eigenvalue weighted by molar-refractivity contribution is 6.30. The second-order valence-electron chi connectivity index (χ2n) is 8.65. The van der Waals surface area contributed by atoms with Crippen molar-refractivity contribution in [2.24, 2.45) is 4.99 Å². The lowest BCUT2D eigenvalue weighted by Gasteiger charge is -2.19. The summed E-state index contributed by atoms with van der Waals surface area (Å²) in [6.07, 6.45) is -0.971. The van der Waals surface area contributed by atoms with E-state index in [1.807, 2.05) is 0 Å². The number of hydrogen-bond donors (Lipinski definition) is 0. The van der Waals surface area contributed by atoms with Gasteiger partial charge in [-0.2, -0.15) is 4.98 Å². The Bertz CT molecular complexity index is 1420. The third-order valence-electron chi connectivity index (χ3n) is 5.51. The standard InChI is InChI=1S/C26H23ClF3N5O4/c1-33(2)24(37)22-23(34(16-36)14-18-10-11-31-13-18)32-25(35(22)15-17-6-8-19(27)9-7-17)38-20-4-3-5-21(12-20)39-26(28,29)30/h3-12,16H,13-15H2,1-2H3. The lowest BCUT2D eigenvalue weighted by Crippen LogP contribution is -2.30. The highest BCUT2D eigenvalue weighted by Crippen LogP contribution is 2.33. The fourth-order valence-corrected chi connectivity index (χ4v) is 3.87. The molecule has 9 nitrogen and oxygen atoms in total. The summed E-state index contributed by atoms with van der Waals surface area (Å²) >= 11 is 6.03. The number of carbonyl (C=O) groups is 2. The Morgan fingerprint density at radius 3 is 2.49 bits per heavy atom. The maximum absolute atomic E-state index is 13.4. The van der Waals surface area contributed by atoms with Crippen molar-refractivity contribution in [3.05, 3.63) is 76.5 Å². The first-order valence-electron chi connectivity index (χ1n) is 11.5. The van der Waals surface area contributed by atoms with Crippen molar-refractivity contribution in [3.63, 3.8) is 0 Å². The number of imidazole rings is 1. The number of ether oxygens (including phenoxy) is 2. The summed E-state index contributed by atoms with van der Waals surface area (Å²) in [6, 6.07) is 11.6. The van der Waals surface area contributed by atoms with Crippen LogP contribution in [-0.4, -0.2) is 66.5 Å². The Kier molecular flexibility index (Phi) is 8.24. The number of alkyl halides is 3. The Labute approximate surface area is 226 Å². The van der Waals surface area contributed by atoms with Crippen LogP contribution in [0.5, 0.6) is 17.5 Å². The normalized spacial score (nSPS) is 12.7. The van der Waals surface area contributed by atoms with Crippen LogP contribution in [0, 0.1) is 0 Å². The van der Waals surface area contributed by atoms with E-state index < -0.39 is 18.0 Å². The second kappa shape index (κ2) is 11.6. The fourth-order valence-electron chi connectivity index (χ4n) is 3.74. The number of aromatic nitrogens is 2. The molecule has 13 heteroatoms. The van der Waals surface area contributed by atoms with Gasteiger partial charge in [0.05, 0.1) is 19.6 Å². The van der Waals surface area contributed by atoms with E-state index in [0.717, 1.165) is 23.3 Å². The first kappa shape index (κ1) is 27.7. The van der Waals surface area contributed by atoms with E-state index in [4.69, 9.17) is 16.3 Å². The number of benzene rings is 2. The van der Waals surface area contributed by atoms with Crippen LogP contribution >= 0.6 is 11.6 Å². The van der Waals surface area contributed by atoms with Crippen molar-refractivity contribution in [2.75, 3.05) is 32.1 Å². The molecule has 39 heavy (non-hydrogen) atoms. The van der Waals surface area contributed by atoms with Gasteiger partial charge in [-0.1, -0.05) is 29.8 Å². The van der Waals surface area contributed by atoms with Gasteiger partial charge >= 0.3 is 12.4 Å². The maximum atomic E-state index is 13.4. The van der Waals surface area contributed by atoms with Crippen LogP contribution in [0.15, 0.2) is 65.2 Å². The molecule has 0 unspecified atom stereocenters. The summed E-state index contributed by atoms with van der Waals surface area (Å²) in [7, 11) is 3.09. The molecule has 0 atom stereocenters. The summed E-state index contributed by atoms with van der Waals surface area (Å²) in [4.78, 5) is 36.8. The molecule has 0 saturated heterocycles. The number of anilines is 1. The zero-order chi connectivity index (χ0) is 28.2. The van der Waals surface area contributed by atoms with E-state index in [-0.39, 0.29) is 36.4 Å². The Morgan fingerprint density at radius 1 is 1.15 bits per heavy atom. The molecule has 0 saturated carbocycles. The quantitative estimate of drug-likeness (QED) is 0.327. The van der Waals surface area contributed by atoms with Gasteiger partial charge in [-0.15, -0.1) is 13.2 Å². The minimum absolute atomic E-state index is 0.0168. The van der Waals surface area contributed by atoms with E-state index in [2.05, 4.69) is 14.7 Å².